The molecule has 0 atom stereocenters. The Labute approximate surface area is 135 Å². The van der Waals surface area contributed by atoms with E-state index in [9.17, 15) is 0 Å². The summed E-state index contributed by atoms with van der Waals surface area (Å²) < 4.78 is 11.8. The summed E-state index contributed by atoms with van der Waals surface area (Å²) in [5.74, 6) is 0.457. The topological polar surface area (TPSA) is 72.9 Å². The number of benzene rings is 1. The number of rotatable bonds is 4. The van der Waals surface area contributed by atoms with Gasteiger partial charge in [0.1, 0.15) is 0 Å². The van der Waals surface area contributed by atoms with Gasteiger partial charge in [-0.15, -0.1) is 10.2 Å². The normalized spacial score (nSPS) is 22.4. The molecular formula is C17H22N4O2. The van der Waals surface area contributed by atoms with Crippen LogP contribution in [0.5, 0.6) is 0 Å². The van der Waals surface area contributed by atoms with E-state index >= 15 is 0 Å². The lowest BCUT2D eigenvalue weighted by Crippen LogP contribution is -2.42. The number of hydrogen-bond donors (Lipinski definition) is 1. The molecule has 0 bridgehead atoms. The molecule has 1 aromatic carbocycles. The SMILES string of the molecule is c1ccc(C2(CCc3nn[nH]n3)CCC3(CC2)OCCO3)cc1. The molecule has 6 heteroatoms. The van der Waals surface area contributed by atoms with Crippen LogP contribution in [0.3, 0.4) is 0 Å². The van der Waals surface area contributed by atoms with Gasteiger partial charge in [-0.1, -0.05) is 35.5 Å². The Morgan fingerprint density at radius 1 is 1.00 bits per heavy atom. The molecule has 23 heavy (non-hydrogen) atoms. The maximum absolute atomic E-state index is 5.90. The van der Waals surface area contributed by atoms with E-state index in [2.05, 4.69) is 51.0 Å². The zero-order chi connectivity index (χ0) is 15.6. The molecule has 1 aliphatic carbocycles. The molecule has 1 spiro atoms. The highest BCUT2D eigenvalue weighted by Gasteiger charge is 2.46. The van der Waals surface area contributed by atoms with Crippen molar-refractivity contribution in [2.75, 3.05) is 13.2 Å². The minimum absolute atomic E-state index is 0.141. The van der Waals surface area contributed by atoms with Crippen LogP contribution in [0.25, 0.3) is 0 Å². The molecular weight excluding hydrogens is 292 g/mol. The molecule has 2 aliphatic rings. The van der Waals surface area contributed by atoms with Crippen LogP contribution in [0, 0.1) is 0 Å². The van der Waals surface area contributed by atoms with Gasteiger partial charge in [-0.2, -0.15) is 5.21 Å². The second-order valence-electron chi connectivity index (χ2n) is 6.58. The highest BCUT2D eigenvalue weighted by atomic mass is 16.7. The van der Waals surface area contributed by atoms with Crippen molar-refractivity contribution in [1.29, 1.82) is 0 Å². The molecule has 2 heterocycles. The summed E-state index contributed by atoms with van der Waals surface area (Å²) >= 11 is 0. The summed E-state index contributed by atoms with van der Waals surface area (Å²) in [6.07, 6.45) is 5.89. The molecule has 0 radical (unpaired) electrons. The van der Waals surface area contributed by atoms with Crippen molar-refractivity contribution in [3.8, 4) is 0 Å². The fraction of sp³-hybridized carbons (Fsp3) is 0.588. The molecule has 1 saturated heterocycles. The van der Waals surface area contributed by atoms with Gasteiger partial charge in [0, 0.05) is 19.3 Å². The standard InChI is InChI=1S/C17H22N4O2/c1-2-4-14(5-3-1)16(7-6-15-18-20-21-19-15)8-10-17(11-9-16)22-12-13-23-17/h1-5H,6-13H2,(H,18,19,20,21). The van der Waals surface area contributed by atoms with Gasteiger partial charge in [0.15, 0.2) is 11.6 Å². The van der Waals surface area contributed by atoms with Crippen molar-refractivity contribution in [3.05, 3.63) is 41.7 Å². The van der Waals surface area contributed by atoms with Crippen molar-refractivity contribution in [3.63, 3.8) is 0 Å². The smallest absolute Gasteiger partial charge is 0.174 e. The van der Waals surface area contributed by atoms with E-state index in [4.69, 9.17) is 9.47 Å². The number of aromatic nitrogens is 4. The monoisotopic (exact) mass is 314 g/mol. The summed E-state index contributed by atoms with van der Waals surface area (Å²) in [6, 6.07) is 10.8. The predicted octanol–water partition coefficient (Wildman–Crippen LogP) is 2.39. The van der Waals surface area contributed by atoms with Crippen LogP contribution >= 0.6 is 0 Å². The number of ether oxygens (including phenoxy) is 2. The predicted molar refractivity (Wildman–Crippen MR) is 83.7 cm³/mol. The van der Waals surface area contributed by atoms with E-state index in [1.54, 1.807) is 0 Å². The van der Waals surface area contributed by atoms with E-state index in [1.807, 2.05) is 0 Å². The second kappa shape index (κ2) is 6.02. The first-order valence-corrected chi connectivity index (χ1v) is 8.36. The van der Waals surface area contributed by atoms with Gasteiger partial charge in [0.05, 0.1) is 13.2 Å². The van der Waals surface area contributed by atoms with Crippen molar-refractivity contribution in [2.45, 2.75) is 49.7 Å². The van der Waals surface area contributed by atoms with Gasteiger partial charge in [0.25, 0.3) is 0 Å². The lowest BCUT2D eigenvalue weighted by molar-refractivity contribution is -0.185. The third-order valence-electron chi connectivity index (χ3n) is 5.38. The number of hydrogen-bond acceptors (Lipinski definition) is 5. The highest BCUT2D eigenvalue weighted by Crippen LogP contribution is 2.48. The molecule has 1 N–H and O–H groups in total. The first-order valence-electron chi connectivity index (χ1n) is 8.36. The minimum Gasteiger partial charge on any atom is -0.348 e. The van der Waals surface area contributed by atoms with Crippen LogP contribution < -0.4 is 0 Å². The third kappa shape index (κ3) is 2.88. The average molecular weight is 314 g/mol. The maximum Gasteiger partial charge on any atom is 0.174 e. The zero-order valence-electron chi connectivity index (χ0n) is 13.2. The van der Waals surface area contributed by atoms with Crippen molar-refractivity contribution in [2.24, 2.45) is 0 Å². The van der Waals surface area contributed by atoms with Crippen LogP contribution in [-0.4, -0.2) is 39.6 Å². The molecule has 0 amide bonds. The van der Waals surface area contributed by atoms with Crippen molar-refractivity contribution in [1.82, 2.24) is 20.6 Å². The van der Waals surface area contributed by atoms with Crippen LogP contribution in [-0.2, 0) is 21.3 Å². The molecule has 2 fully saturated rings. The molecule has 1 saturated carbocycles. The van der Waals surface area contributed by atoms with Gasteiger partial charge in [-0.25, -0.2) is 0 Å². The fourth-order valence-electron chi connectivity index (χ4n) is 4.01. The first kappa shape index (κ1) is 14.8. The molecule has 1 aromatic heterocycles. The molecule has 2 aromatic rings. The van der Waals surface area contributed by atoms with Gasteiger partial charge in [-0.3, -0.25) is 0 Å². The Balaban J connectivity index is 1.55. The number of nitrogens with one attached hydrogen (secondary N) is 1. The van der Waals surface area contributed by atoms with Crippen LogP contribution in [0.1, 0.15) is 43.5 Å². The van der Waals surface area contributed by atoms with Crippen LogP contribution in [0.4, 0.5) is 0 Å². The molecule has 6 nitrogen and oxygen atoms in total. The van der Waals surface area contributed by atoms with E-state index in [1.165, 1.54) is 5.56 Å². The largest absolute Gasteiger partial charge is 0.348 e. The maximum atomic E-state index is 5.90. The van der Waals surface area contributed by atoms with E-state index in [0.717, 1.165) is 57.6 Å². The number of nitrogens with zero attached hydrogens (tertiary/aromatic N) is 3. The zero-order valence-corrected chi connectivity index (χ0v) is 13.2. The third-order valence-corrected chi connectivity index (χ3v) is 5.38. The van der Waals surface area contributed by atoms with Gasteiger partial charge in [-0.05, 0) is 30.2 Å². The quantitative estimate of drug-likeness (QED) is 0.938. The number of tetrazole rings is 1. The summed E-state index contributed by atoms with van der Waals surface area (Å²) in [4.78, 5) is 0. The Hall–Kier alpha value is -1.79. The van der Waals surface area contributed by atoms with Crippen LogP contribution in [0.2, 0.25) is 0 Å². The molecule has 122 valence electrons. The minimum atomic E-state index is -0.329. The number of aryl methyl sites for hydroxylation is 1. The number of aromatic amines is 1. The Kier molecular flexibility index (Phi) is 3.87. The fourth-order valence-corrected chi connectivity index (χ4v) is 4.01. The summed E-state index contributed by atoms with van der Waals surface area (Å²) in [6.45, 7) is 1.45. The van der Waals surface area contributed by atoms with Crippen molar-refractivity contribution >= 4 is 0 Å². The van der Waals surface area contributed by atoms with Gasteiger partial charge >= 0.3 is 0 Å². The molecule has 1 aliphatic heterocycles. The highest BCUT2D eigenvalue weighted by molar-refractivity contribution is 5.26. The van der Waals surface area contributed by atoms with E-state index < -0.39 is 0 Å². The Morgan fingerprint density at radius 3 is 2.39 bits per heavy atom. The molecule has 4 rings (SSSR count). The lowest BCUT2D eigenvalue weighted by atomic mass is 9.65. The van der Waals surface area contributed by atoms with Crippen LogP contribution in [0.15, 0.2) is 30.3 Å². The summed E-state index contributed by atoms with van der Waals surface area (Å²) in [5, 5.41) is 14.4. The average Bonchev–Trinajstić information content (AvgIpc) is 3.28. The van der Waals surface area contributed by atoms with E-state index in [-0.39, 0.29) is 11.2 Å². The van der Waals surface area contributed by atoms with Gasteiger partial charge in [0.2, 0.25) is 0 Å². The Bertz CT molecular complexity index is 613. The van der Waals surface area contributed by atoms with Gasteiger partial charge < -0.3 is 9.47 Å². The summed E-state index contributed by atoms with van der Waals surface area (Å²) in [5.41, 5.74) is 1.54. The lowest BCUT2D eigenvalue weighted by Gasteiger charge is -2.44. The first-order chi connectivity index (χ1) is 11.3. The molecule has 0 unspecified atom stereocenters. The van der Waals surface area contributed by atoms with Crippen molar-refractivity contribution < 1.29 is 9.47 Å². The van der Waals surface area contributed by atoms with E-state index in [0.29, 0.717) is 0 Å². The second-order valence-corrected chi connectivity index (χ2v) is 6.58. The summed E-state index contributed by atoms with van der Waals surface area (Å²) in [7, 11) is 0. The Morgan fingerprint density at radius 2 is 1.74 bits per heavy atom. The number of H-pyrrole nitrogens is 1.